The van der Waals surface area contributed by atoms with Gasteiger partial charge in [-0.15, -0.1) is 11.6 Å². The zero-order valence-corrected chi connectivity index (χ0v) is 17.7. The summed E-state index contributed by atoms with van der Waals surface area (Å²) in [6.07, 6.45) is 8.41. The molecule has 2 aromatic carbocycles. The first-order valence-corrected chi connectivity index (χ1v) is 9.95. The maximum absolute atomic E-state index is 8.57. The normalized spacial score (nSPS) is 13.9. The van der Waals surface area contributed by atoms with Crippen molar-refractivity contribution < 1.29 is 0 Å². The van der Waals surface area contributed by atoms with Gasteiger partial charge in [-0.2, -0.15) is 0 Å². The summed E-state index contributed by atoms with van der Waals surface area (Å²) in [6.45, 7) is 7.90. The predicted octanol–water partition coefficient (Wildman–Crippen LogP) is 6.46. The summed E-state index contributed by atoms with van der Waals surface area (Å²) in [7, 11) is 2.04. The van der Waals surface area contributed by atoms with Crippen LogP contribution in [0.25, 0.3) is 5.70 Å². The van der Waals surface area contributed by atoms with Crippen LogP contribution >= 0.6 is 11.6 Å². The lowest BCUT2D eigenvalue weighted by molar-refractivity contribution is 0.358. The van der Waals surface area contributed by atoms with Crippen molar-refractivity contribution in [1.29, 1.82) is 5.41 Å². The molecule has 0 saturated carbocycles. The Morgan fingerprint density at radius 1 is 1.11 bits per heavy atom. The van der Waals surface area contributed by atoms with Gasteiger partial charge in [0.25, 0.3) is 0 Å². The summed E-state index contributed by atoms with van der Waals surface area (Å²) < 4.78 is 0. The molecule has 0 aromatic heterocycles. The number of rotatable bonds is 9. The van der Waals surface area contributed by atoms with E-state index < -0.39 is 0 Å². The van der Waals surface area contributed by atoms with Gasteiger partial charge in [0.1, 0.15) is 0 Å². The van der Waals surface area contributed by atoms with Gasteiger partial charge in [-0.05, 0) is 37.5 Å². The van der Waals surface area contributed by atoms with Gasteiger partial charge in [0.05, 0.1) is 11.1 Å². The minimum atomic E-state index is -0.0547. The average molecular weight is 393 g/mol. The molecule has 0 aliphatic carbocycles. The first-order valence-electron chi connectivity index (χ1n) is 9.51. The van der Waals surface area contributed by atoms with Crippen LogP contribution in [0.5, 0.6) is 0 Å². The van der Waals surface area contributed by atoms with E-state index in [1.54, 1.807) is 6.08 Å². The van der Waals surface area contributed by atoms with Gasteiger partial charge in [0.15, 0.2) is 0 Å². The summed E-state index contributed by atoms with van der Waals surface area (Å²) in [5, 5.41) is 8.52. The summed E-state index contributed by atoms with van der Waals surface area (Å²) in [4.78, 5) is 2.17. The predicted molar refractivity (Wildman–Crippen MR) is 123 cm³/mol. The monoisotopic (exact) mass is 392 g/mol. The highest BCUT2D eigenvalue weighted by atomic mass is 35.5. The number of aryl methyl sites for hydroxylation is 1. The van der Waals surface area contributed by atoms with Crippen LogP contribution in [-0.4, -0.2) is 29.1 Å². The van der Waals surface area contributed by atoms with Gasteiger partial charge in [-0.3, -0.25) is 0 Å². The number of halogens is 1. The van der Waals surface area contributed by atoms with Crippen molar-refractivity contribution in [1.82, 2.24) is 4.90 Å². The number of hydrogen-bond donors (Lipinski definition) is 1. The van der Waals surface area contributed by atoms with Gasteiger partial charge in [-0.25, -0.2) is 0 Å². The first kappa shape index (κ1) is 21.7. The standard InChI is InChI=1S/C25H29ClN2/c1-5-6-8-13-23(26)20(3)28(4)25(22-16-14-19(2)15-17-22)18-24(27)21-11-9-7-10-12-21/h5-12,14-18,20,23,27H,1,13H2,2-4H3/b8-6-,25-18-,27-24?/t20?,23-/m0/s1. The van der Waals surface area contributed by atoms with Crippen LogP contribution in [0.2, 0.25) is 0 Å². The van der Waals surface area contributed by atoms with Gasteiger partial charge < -0.3 is 10.3 Å². The molecular weight excluding hydrogens is 364 g/mol. The Morgan fingerprint density at radius 3 is 2.36 bits per heavy atom. The van der Waals surface area contributed by atoms with Crippen molar-refractivity contribution in [2.45, 2.75) is 31.7 Å². The van der Waals surface area contributed by atoms with Crippen molar-refractivity contribution >= 4 is 23.0 Å². The molecule has 1 unspecified atom stereocenters. The quantitative estimate of drug-likeness (QED) is 0.295. The topological polar surface area (TPSA) is 27.1 Å². The second-order valence-electron chi connectivity index (χ2n) is 6.94. The molecule has 0 bridgehead atoms. The van der Waals surface area contributed by atoms with Crippen LogP contribution in [-0.2, 0) is 0 Å². The van der Waals surface area contributed by atoms with E-state index in [4.69, 9.17) is 17.0 Å². The van der Waals surface area contributed by atoms with Gasteiger partial charge in [-0.1, -0.05) is 85.0 Å². The van der Waals surface area contributed by atoms with Crippen LogP contribution in [0, 0.1) is 12.3 Å². The number of allylic oxidation sites excluding steroid dienone is 4. The minimum Gasteiger partial charge on any atom is -0.370 e. The Hall–Kier alpha value is -2.58. The largest absolute Gasteiger partial charge is 0.370 e. The van der Waals surface area contributed by atoms with Crippen molar-refractivity contribution in [3.8, 4) is 0 Å². The van der Waals surface area contributed by atoms with Crippen molar-refractivity contribution in [2.24, 2.45) is 0 Å². The zero-order valence-electron chi connectivity index (χ0n) is 16.9. The van der Waals surface area contributed by atoms with Crippen LogP contribution in [0.3, 0.4) is 0 Å². The molecule has 1 N–H and O–H groups in total. The number of nitrogens with one attached hydrogen (secondary N) is 1. The Kier molecular flexibility index (Phi) is 8.28. The summed E-state index contributed by atoms with van der Waals surface area (Å²) >= 11 is 6.66. The first-order chi connectivity index (χ1) is 13.4. The second kappa shape index (κ2) is 10.7. The van der Waals surface area contributed by atoms with E-state index >= 15 is 0 Å². The summed E-state index contributed by atoms with van der Waals surface area (Å²) in [5.41, 5.74) is 4.64. The molecule has 0 spiro atoms. The van der Waals surface area contributed by atoms with E-state index in [9.17, 15) is 0 Å². The molecule has 0 aliphatic rings. The summed E-state index contributed by atoms with van der Waals surface area (Å²) in [5.74, 6) is 0. The fourth-order valence-corrected chi connectivity index (χ4v) is 3.19. The van der Waals surface area contributed by atoms with Crippen molar-refractivity contribution in [3.63, 3.8) is 0 Å². The molecule has 0 radical (unpaired) electrons. The number of alkyl halides is 1. The zero-order chi connectivity index (χ0) is 20.5. The molecule has 2 aromatic rings. The van der Waals surface area contributed by atoms with E-state index in [0.717, 1.165) is 23.2 Å². The molecule has 0 saturated heterocycles. The lowest BCUT2D eigenvalue weighted by Gasteiger charge is -2.32. The molecule has 0 amide bonds. The lowest BCUT2D eigenvalue weighted by atomic mass is 10.0. The highest BCUT2D eigenvalue weighted by molar-refractivity contribution is 6.21. The Labute approximate surface area is 174 Å². The van der Waals surface area contributed by atoms with Gasteiger partial charge in [0, 0.05) is 18.8 Å². The molecule has 0 heterocycles. The highest BCUT2D eigenvalue weighted by Gasteiger charge is 2.21. The van der Waals surface area contributed by atoms with Crippen LogP contribution in [0.15, 0.2) is 85.5 Å². The Bertz CT molecular complexity index is 835. The van der Waals surface area contributed by atoms with Gasteiger partial charge in [0.2, 0.25) is 0 Å². The molecular formula is C25H29ClN2. The highest BCUT2D eigenvalue weighted by Crippen LogP contribution is 2.25. The lowest BCUT2D eigenvalue weighted by Crippen LogP contribution is -2.35. The van der Waals surface area contributed by atoms with Crippen LogP contribution in [0.4, 0.5) is 0 Å². The third-order valence-corrected chi connectivity index (χ3v) is 5.40. The molecule has 0 aliphatic heterocycles. The molecule has 2 atom stereocenters. The molecule has 28 heavy (non-hydrogen) atoms. The van der Waals surface area contributed by atoms with E-state index in [1.165, 1.54) is 5.56 Å². The van der Waals surface area contributed by atoms with E-state index in [1.807, 2.05) is 55.6 Å². The fourth-order valence-electron chi connectivity index (χ4n) is 2.91. The van der Waals surface area contributed by atoms with Crippen molar-refractivity contribution in [2.75, 3.05) is 7.05 Å². The molecule has 146 valence electrons. The van der Waals surface area contributed by atoms with Crippen LogP contribution in [0.1, 0.15) is 30.0 Å². The second-order valence-corrected chi connectivity index (χ2v) is 7.50. The minimum absolute atomic E-state index is 0.0547. The average Bonchev–Trinajstić information content (AvgIpc) is 2.72. The Balaban J connectivity index is 2.36. The number of nitrogens with zero attached hydrogens (tertiary/aromatic N) is 1. The maximum Gasteiger partial charge on any atom is 0.0633 e. The Morgan fingerprint density at radius 2 is 1.75 bits per heavy atom. The maximum atomic E-state index is 8.57. The fraction of sp³-hybridized carbons (Fsp3) is 0.240. The van der Waals surface area contributed by atoms with Crippen LogP contribution < -0.4 is 0 Å². The molecule has 2 rings (SSSR count). The summed E-state index contributed by atoms with van der Waals surface area (Å²) in [6, 6.07) is 18.3. The van der Waals surface area contributed by atoms with Crippen molar-refractivity contribution in [3.05, 3.63) is 102 Å². The smallest absolute Gasteiger partial charge is 0.0633 e. The third-order valence-electron chi connectivity index (χ3n) is 4.86. The third kappa shape index (κ3) is 5.97. The molecule has 2 nitrogen and oxygen atoms in total. The van der Waals surface area contributed by atoms with E-state index in [-0.39, 0.29) is 11.4 Å². The molecule has 3 heteroatoms. The number of benzene rings is 2. The van der Waals surface area contributed by atoms with Gasteiger partial charge >= 0.3 is 0 Å². The number of hydrogen-bond acceptors (Lipinski definition) is 2. The van der Waals surface area contributed by atoms with E-state index in [0.29, 0.717) is 5.71 Å². The SMILES string of the molecule is C=C/C=C\C[C@H](Cl)C(C)N(C)/C(=C\C(=N)c1ccccc1)c1ccc(C)cc1. The van der Waals surface area contributed by atoms with E-state index in [2.05, 4.69) is 49.6 Å². The molecule has 0 fully saturated rings.